The van der Waals surface area contributed by atoms with E-state index in [9.17, 15) is 17.2 Å². The summed E-state index contributed by atoms with van der Waals surface area (Å²) in [6, 6.07) is 10.2. The average Bonchev–Trinajstić information content (AvgIpc) is 2.58. The zero-order valence-corrected chi connectivity index (χ0v) is 15.9. The number of anilines is 1. The minimum absolute atomic E-state index is 0.0544. The molecule has 2 aromatic rings. The Kier molecular flexibility index (Phi) is 7.10. The summed E-state index contributed by atoms with van der Waals surface area (Å²) in [5.41, 5.74) is 0.0876. The molecular formula is C17H19F2NO4S2. The lowest BCUT2D eigenvalue weighted by atomic mass is 10.3. The van der Waals surface area contributed by atoms with Crippen LogP contribution < -0.4 is 14.2 Å². The molecular weight excluding hydrogens is 384 g/mol. The van der Waals surface area contributed by atoms with Crippen LogP contribution in [0.5, 0.6) is 11.5 Å². The molecule has 0 saturated carbocycles. The van der Waals surface area contributed by atoms with Crippen LogP contribution in [0.25, 0.3) is 0 Å². The number of halogens is 2. The van der Waals surface area contributed by atoms with Crippen LogP contribution in [0.2, 0.25) is 0 Å². The Balaban J connectivity index is 2.35. The molecule has 5 nitrogen and oxygen atoms in total. The summed E-state index contributed by atoms with van der Waals surface area (Å²) in [5.74, 6) is -1.93. The van der Waals surface area contributed by atoms with Crippen LogP contribution in [0.4, 0.5) is 14.5 Å². The van der Waals surface area contributed by atoms with Gasteiger partial charge in [0.15, 0.2) is 11.5 Å². The number of ether oxygens (including phenoxy) is 2. The van der Waals surface area contributed by atoms with Gasteiger partial charge in [0.05, 0.1) is 23.8 Å². The van der Waals surface area contributed by atoms with Gasteiger partial charge in [0.2, 0.25) is 0 Å². The number of para-hydroxylation sites is 1. The van der Waals surface area contributed by atoms with Crippen molar-refractivity contribution < 1.29 is 26.7 Å². The van der Waals surface area contributed by atoms with E-state index in [1.165, 1.54) is 30.3 Å². The van der Waals surface area contributed by atoms with E-state index in [4.69, 9.17) is 9.47 Å². The van der Waals surface area contributed by atoms with Crippen LogP contribution in [-0.2, 0) is 10.0 Å². The van der Waals surface area contributed by atoms with E-state index in [2.05, 4.69) is 4.72 Å². The molecule has 0 aliphatic rings. The molecule has 26 heavy (non-hydrogen) atoms. The van der Waals surface area contributed by atoms with Crippen molar-refractivity contribution in [2.24, 2.45) is 0 Å². The molecule has 0 radical (unpaired) electrons. The zero-order valence-electron chi connectivity index (χ0n) is 14.2. The third kappa shape index (κ3) is 5.25. The fourth-order valence-electron chi connectivity index (χ4n) is 2.15. The third-order valence-electron chi connectivity index (χ3n) is 3.17. The highest BCUT2D eigenvalue weighted by Crippen LogP contribution is 2.34. The van der Waals surface area contributed by atoms with Gasteiger partial charge in [-0.25, -0.2) is 8.42 Å². The Labute approximate surface area is 155 Å². The predicted molar refractivity (Wildman–Crippen MR) is 97.9 cm³/mol. The molecule has 0 aromatic heterocycles. The molecule has 0 fully saturated rings. The van der Waals surface area contributed by atoms with E-state index in [1.54, 1.807) is 26.0 Å². The molecule has 9 heteroatoms. The predicted octanol–water partition coefficient (Wildman–Crippen LogP) is 4.60. The highest BCUT2D eigenvalue weighted by molar-refractivity contribution is 7.99. The molecule has 0 bridgehead atoms. The number of sulfonamides is 1. The van der Waals surface area contributed by atoms with Crippen molar-refractivity contribution in [3.63, 3.8) is 0 Å². The quantitative estimate of drug-likeness (QED) is 0.620. The van der Waals surface area contributed by atoms with Gasteiger partial charge in [-0.3, -0.25) is 4.72 Å². The summed E-state index contributed by atoms with van der Waals surface area (Å²) in [6.07, 6.45) is 0. The number of alkyl halides is 2. The standard InChI is InChI=1S/C17H19F2NO4S2/c1-3-23-14-10-9-12(11-15(14)24-4-2)26(21,22)20-13-7-5-6-8-16(13)25-17(18)19/h5-11,17,20H,3-4H2,1-2H3. The van der Waals surface area contributed by atoms with Gasteiger partial charge in [-0.15, -0.1) is 0 Å². The van der Waals surface area contributed by atoms with Gasteiger partial charge in [-0.2, -0.15) is 8.78 Å². The lowest BCUT2D eigenvalue weighted by Gasteiger charge is -2.15. The van der Waals surface area contributed by atoms with Crippen molar-refractivity contribution in [3.8, 4) is 11.5 Å². The number of nitrogens with one attached hydrogen (secondary N) is 1. The normalized spacial score (nSPS) is 11.4. The van der Waals surface area contributed by atoms with E-state index < -0.39 is 15.8 Å². The zero-order chi connectivity index (χ0) is 19.2. The van der Waals surface area contributed by atoms with Crippen molar-refractivity contribution in [3.05, 3.63) is 42.5 Å². The number of hydrogen-bond donors (Lipinski definition) is 1. The minimum atomic E-state index is -3.99. The van der Waals surface area contributed by atoms with Crippen LogP contribution in [0.1, 0.15) is 13.8 Å². The summed E-state index contributed by atoms with van der Waals surface area (Å²) in [6.45, 7) is 4.32. The smallest absolute Gasteiger partial charge is 0.288 e. The summed E-state index contributed by atoms with van der Waals surface area (Å²) in [7, 11) is -3.99. The number of thioether (sulfide) groups is 1. The van der Waals surface area contributed by atoms with Gasteiger partial charge in [-0.05, 0) is 38.1 Å². The molecule has 0 unspecified atom stereocenters. The lowest BCUT2D eigenvalue weighted by Crippen LogP contribution is -2.14. The molecule has 0 saturated heterocycles. The van der Waals surface area contributed by atoms with Gasteiger partial charge in [0.1, 0.15) is 0 Å². The molecule has 1 N–H and O–H groups in total. The van der Waals surface area contributed by atoms with Crippen LogP contribution in [-0.4, -0.2) is 27.4 Å². The molecule has 0 atom stereocenters. The third-order valence-corrected chi connectivity index (χ3v) is 5.32. The second-order valence-electron chi connectivity index (χ2n) is 4.95. The molecule has 142 valence electrons. The molecule has 0 heterocycles. The first-order valence-corrected chi connectivity index (χ1v) is 10.2. The van der Waals surface area contributed by atoms with E-state index in [0.717, 1.165) is 0 Å². The maximum Gasteiger partial charge on any atom is 0.288 e. The van der Waals surface area contributed by atoms with Crippen molar-refractivity contribution in [1.29, 1.82) is 0 Å². The van der Waals surface area contributed by atoms with E-state index >= 15 is 0 Å². The number of benzene rings is 2. The number of rotatable bonds is 9. The highest BCUT2D eigenvalue weighted by atomic mass is 32.2. The Bertz CT molecular complexity index is 844. The van der Waals surface area contributed by atoms with Crippen LogP contribution in [0.3, 0.4) is 0 Å². The fourth-order valence-corrected chi connectivity index (χ4v) is 3.91. The highest BCUT2D eigenvalue weighted by Gasteiger charge is 2.20. The van der Waals surface area contributed by atoms with Gasteiger partial charge in [0, 0.05) is 11.0 Å². The van der Waals surface area contributed by atoms with Gasteiger partial charge >= 0.3 is 0 Å². The Morgan fingerprint density at radius 1 is 1.04 bits per heavy atom. The van der Waals surface area contributed by atoms with Gasteiger partial charge < -0.3 is 9.47 Å². The number of hydrogen-bond acceptors (Lipinski definition) is 5. The molecule has 0 amide bonds. The minimum Gasteiger partial charge on any atom is -0.490 e. The molecule has 2 aromatic carbocycles. The topological polar surface area (TPSA) is 64.6 Å². The first-order chi connectivity index (χ1) is 12.4. The maximum atomic E-state index is 12.7. The summed E-state index contributed by atoms with van der Waals surface area (Å²) in [5, 5.41) is 0. The molecule has 2 rings (SSSR count). The van der Waals surface area contributed by atoms with Gasteiger partial charge in [0.25, 0.3) is 15.8 Å². The summed E-state index contributed by atoms with van der Waals surface area (Å²) < 4.78 is 63.8. The Hall–Kier alpha value is -2.00. The Morgan fingerprint density at radius 2 is 1.69 bits per heavy atom. The average molecular weight is 403 g/mol. The molecule has 0 aliphatic carbocycles. The van der Waals surface area contributed by atoms with E-state index in [0.29, 0.717) is 24.7 Å². The summed E-state index contributed by atoms with van der Waals surface area (Å²) in [4.78, 5) is 0.0864. The fraction of sp³-hybridized carbons (Fsp3) is 0.294. The van der Waals surface area contributed by atoms with Crippen LogP contribution in [0.15, 0.2) is 52.3 Å². The first kappa shape index (κ1) is 20.3. The summed E-state index contributed by atoms with van der Waals surface area (Å²) >= 11 is 0.276. The maximum absolute atomic E-state index is 12.7. The van der Waals surface area contributed by atoms with Crippen molar-refractivity contribution in [2.45, 2.75) is 29.4 Å². The van der Waals surface area contributed by atoms with Crippen LogP contribution >= 0.6 is 11.8 Å². The van der Waals surface area contributed by atoms with Crippen molar-refractivity contribution >= 4 is 27.5 Å². The van der Waals surface area contributed by atoms with E-state index in [-0.39, 0.29) is 27.2 Å². The van der Waals surface area contributed by atoms with Crippen molar-refractivity contribution in [2.75, 3.05) is 17.9 Å². The van der Waals surface area contributed by atoms with Crippen molar-refractivity contribution in [1.82, 2.24) is 0 Å². The van der Waals surface area contributed by atoms with E-state index in [1.807, 2.05) is 0 Å². The second kappa shape index (κ2) is 9.09. The SMILES string of the molecule is CCOc1ccc(S(=O)(=O)Nc2ccccc2SC(F)F)cc1OCC. The largest absolute Gasteiger partial charge is 0.490 e. The lowest BCUT2D eigenvalue weighted by molar-refractivity contribution is 0.252. The van der Waals surface area contributed by atoms with Crippen LogP contribution in [0, 0.1) is 0 Å². The molecule has 0 aliphatic heterocycles. The monoisotopic (exact) mass is 403 g/mol. The van der Waals surface area contributed by atoms with Gasteiger partial charge in [-0.1, -0.05) is 23.9 Å². The first-order valence-electron chi connectivity index (χ1n) is 7.83. The Morgan fingerprint density at radius 3 is 2.35 bits per heavy atom. The second-order valence-corrected chi connectivity index (χ2v) is 7.67. The molecule has 0 spiro atoms.